The Morgan fingerprint density at radius 1 is 0.962 bits per heavy atom. The Bertz CT molecular complexity index is 936. The lowest BCUT2D eigenvalue weighted by Gasteiger charge is -2.11. The molecule has 0 fully saturated rings. The Labute approximate surface area is 149 Å². The lowest BCUT2D eigenvalue weighted by molar-refractivity contribution is 0.102. The number of rotatable bonds is 4. The van der Waals surface area contributed by atoms with Gasteiger partial charge in [0.05, 0.1) is 5.56 Å². The molecule has 3 rings (SSSR count). The van der Waals surface area contributed by atoms with Crippen LogP contribution in [0.15, 0.2) is 54.7 Å². The quantitative estimate of drug-likeness (QED) is 0.696. The number of pyridine rings is 1. The fraction of sp³-hybridized carbons (Fsp3) is 0.100. The molecule has 0 radical (unpaired) electrons. The highest BCUT2D eigenvalue weighted by atomic mass is 19.1. The molecule has 1 aromatic heterocycles. The molecule has 132 valence electrons. The summed E-state index contributed by atoms with van der Waals surface area (Å²) in [6.07, 6.45) is 1.35. The number of para-hydroxylation sites is 1. The van der Waals surface area contributed by atoms with Crippen LogP contribution in [-0.4, -0.2) is 10.9 Å². The topological polar surface area (TPSA) is 54.0 Å². The molecule has 6 heteroatoms. The third-order valence-corrected chi connectivity index (χ3v) is 4.09. The van der Waals surface area contributed by atoms with Crippen LogP contribution in [0.3, 0.4) is 0 Å². The molecule has 0 spiro atoms. The van der Waals surface area contributed by atoms with E-state index in [4.69, 9.17) is 0 Å². The number of aromatic nitrogens is 1. The average molecular weight is 353 g/mol. The fourth-order valence-corrected chi connectivity index (χ4v) is 2.43. The molecule has 2 N–H and O–H groups in total. The van der Waals surface area contributed by atoms with Gasteiger partial charge in [0.1, 0.15) is 23.1 Å². The molecule has 0 saturated carbocycles. The van der Waals surface area contributed by atoms with E-state index in [1.165, 1.54) is 24.4 Å². The van der Waals surface area contributed by atoms with E-state index in [2.05, 4.69) is 15.6 Å². The molecule has 0 aliphatic carbocycles. The van der Waals surface area contributed by atoms with E-state index in [0.29, 0.717) is 5.56 Å². The number of benzene rings is 2. The average Bonchev–Trinajstić information content (AvgIpc) is 2.63. The van der Waals surface area contributed by atoms with Crippen LogP contribution in [0.2, 0.25) is 0 Å². The van der Waals surface area contributed by atoms with E-state index in [1.54, 1.807) is 0 Å². The highest BCUT2D eigenvalue weighted by Gasteiger charge is 2.11. The van der Waals surface area contributed by atoms with Crippen LogP contribution < -0.4 is 10.6 Å². The third-order valence-electron chi connectivity index (χ3n) is 4.09. The Hall–Kier alpha value is -3.28. The van der Waals surface area contributed by atoms with Crippen molar-refractivity contribution in [2.24, 2.45) is 0 Å². The lowest BCUT2D eigenvalue weighted by atomic mass is 10.1. The first-order chi connectivity index (χ1) is 12.5. The van der Waals surface area contributed by atoms with Crippen LogP contribution in [0, 0.1) is 25.5 Å². The van der Waals surface area contributed by atoms with Gasteiger partial charge in [0, 0.05) is 11.9 Å². The summed E-state index contributed by atoms with van der Waals surface area (Å²) in [6.45, 7) is 3.90. The maximum Gasteiger partial charge on any atom is 0.257 e. The minimum Gasteiger partial charge on any atom is -0.335 e. The Kier molecular flexibility index (Phi) is 4.93. The molecule has 2 aromatic carbocycles. The van der Waals surface area contributed by atoms with Crippen LogP contribution >= 0.6 is 0 Å². The lowest BCUT2D eigenvalue weighted by Crippen LogP contribution is -2.13. The van der Waals surface area contributed by atoms with Crippen LogP contribution in [0.1, 0.15) is 21.5 Å². The zero-order valence-electron chi connectivity index (χ0n) is 14.3. The normalized spacial score (nSPS) is 10.5. The summed E-state index contributed by atoms with van der Waals surface area (Å²) in [4.78, 5) is 16.4. The van der Waals surface area contributed by atoms with Gasteiger partial charge in [0.25, 0.3) is 5.91 Å². The van der Waals surface area contributed by atoms with Gasteiger partial charge in [-0.25, -0.2) is 13.8 Å². The van der Waals surface area contributed by atoms with Gasteiger partial charge in [-0.1, -0.05) is 18.2 Å². The summed E-state index contributed by atoms with van der Waals surface area (Å²) in [6, 6.07) is 12.3. The van der Waals surface area contributed by atoms with Gasteiger partial charge in [-0.3, -0.25) is 4.79 Å². The van der Waals surface area contributed by atoms with Crippen molar-refractivity contribution in [3.8, 4) is 0 Å². The first kappa shape index (κ1) is 17.5. The molecule has 4 nitrogen and oxygen atoms in total. The van der Waals surface area contributed by atoms with Gasteiger partial charge in [0.2, 0.25) is 0 Å². The molecular formula is C20H17F2N3O. The van der Waals surface area contributed by atoms with Crippen molar-refractivity contribution in [2.75, 3.05) is 10.6 Å². The SMILES string of the molecule is Cc1cccc(NC(=O)c2ccc(Nc3c(F)cccc3F)nc2)c1C. The number of aryl methyl sites for hydroxylation is 1. The zero-order chi connectivity index (χ0) is 18.7. The van der Waals surface area contributed by atoms with Crippen LogP contribution in [-0.2, 0) is 0 Å². The minimum absolute atomic E-state index is 0.234. The third kappa shape index (κ3) is 3.69. The molecule has 0 atom stereocenters. The van der Waals surface area contributed by atoms with Crippen molar-refractivity contribution in [1.82, 2.24) is 4.98 Å². The molecule has 0 aliphatic heterocycles. The number of halogens is 2. The molecule has 0 unspecified atom stereocenters. The molecule has 3 aromatic rings. The van der Waals surface area contributed by atoms with E-state index in [0.717, 1.165) is 28.9 Å². The summed E-state index contributed by atoms with van der Waals surface area (Å²) < 4.78 is 27.3. The molecule has 1 amide bonds. The van der Waals surface area contributed by atoms with Gasteiger partial charge in [-0.05, 0) is 55.3 Å². The van der Waals surface area contributed by atoms with Crippen molar-refractivity contribution < 1.29 is 13.6 Å². The maximum absolute atomic E-state index is 13.7. The predicted molar refractivity (Wildman–Crippen MR) is 97.7 cm³/mol. The highest BCUT2D eigenvalue weighted by Crippen LogP contribution is 2.22. The molecule has 1 heterocycles. The second-order valence-corrected chi connectivity index (χ2v) is 5.86. The van der Waals surface area contributed by atoms with E-state index in [1.807, 2.05) is 32.0 Å². The number of amides is 1. The summed E-state index contributed by atoms with van der Waals surface area (Å²) in [5, 5.41) is 5.42. The number of hydrogen-bond acceptors (Lipinski definition) is 3. The number of nitrogens with one attached hydrogen (secondary N) is 2. The van der Waals surface area contributed by atoms with Gasteiger partial charge < -0.3 is 10.6 Å². The summed E-state index contributed by atoms with van der Waals surface area (Å²) >= 11 is 0. The molecule has 0 bridgehead atoms. The first-order valence-corrected chi connectivity index (χ1v) is 8.00. The Morgan fingerprint density at radius 3 is 2.31 bits per heavy atom. The van der Waals surface area contributed by atoms with Crippen molar-refractivity contribution in [3.63, 3.8) is 0 Å². The summed E-state index contributed by atoms with van der Waals surface area (Å²) in [5.41, 5.74) is 2.85. The van der Waals surface area contributed by atoms with Gasteiger partial charge in [0.15, 0.2) is 0 Å². The number of carbonyl (C=O) groups is 1. The number of hydrogen-bond donors (Lipinski definition) is 2. The largest absolute Gasteiger partial charge is 0.335 e. The van der Waals surface area contributed by atoms with E-state index >= 15 is 0 Å². The van der Waals surface area contributed by atoms with Crippen LogP contribution in [0.5, 0.6) is 0 Å². The van der Waals surface area contributed by atoms with Crippen molar-refractivity contribution in [2.45, 2.75) is 13.8 Å². The number of anilines is 3. The van der Waals surface area contributed by atoms with E-state index < -0.39 is 11.6 Å². The second-order valence-electron chi connectivity index (χ2n) is 5.86. The Morgan fingerprint density at radius 2 is 1.65 bits per heavy atom. The monoisotopic (exact) mass is 353 g/mol. The molecular weight excluding hydrogens is 336 g/mol. The van der Waals surface area contributed by atoms with Crippen LogP contribution in [0.25, 0.3) is 0 Å². The van der Waals surface area contributed by atoms with Crippen molar-refractivity contribution in [1.29, 1.82) is 0 Å². The standard InChI is InChI=1S/C20H17F2N3O/c1-12-5-3-8-17(13(12)2)24-20(26)14-9-10-18(23-11-14)25-19-15(21)6-4-7-16(19)22/h3-11H,1-2H3,(H,23,25)(H,24,26). The predicted octanol–water partition coefficient (Wildman–Crippen LogP) is 4.97. The summed E-state index contributed by atoms with van der Waals surface area (Å²) in [7, 11) is 0. The van der Waals surface area contributed by atoms with Gasteiger partial charge in [-0.15, -0.1) is 0 Å². The van der Waals surface area contributed by atoms with Crippen molar-refractivity contribution >= 4 is 23.1 Å². The maximum atomic E-state index is 13.7. The van der Waals surface area contributed by atoms with E-state index in [-0.39, 0.29) is 17.4 Å². The molecule has 0 saturated heterocycles. The van der Waals surface area contributed by atoms with E-state index in [9.17, 15) is 13.6 Å². The smallest absolute Gasteiger partial charge is 0.257 e. The number of carbonyl (C=O) groups excluding carboxylic acids is 1. The number of nitrogens with zero attached hydrogens (tertiary/aromatic N) is 1. The minimum atomic E-state index is -0.719. The second kappa shape index (κ2) is 7.31. The van der Waals surface area contributed by atoms with Crippen molar-refractivity contribution in [3.05, 3.63) is 83.1 Å². The fourth-order valence-electron chi connectivity index (χ4n) is 2.43. The summed E-state index contributed by atoms with van der Waals surface area (Å²) in [5.74, 6) is -1.51. The highest BCUT2D eigenvalue weighted by molar-refractivity contribution is 6.04. The van der Waals surface area contributed by atoms with Gasteiger partial charge in [-0.2, -0.15) is 0 Å². The molecule has 0 aliphatic rings. The molecule has 26 heavy (non-hydrogen) atoms. The van der Waals surface area contributed by atoms with Gasteiger partial charge >= 0.3 is 0 Å². The zero-order valence-corrected chi connectivity index (χ0v) is 14.3. The van der Waals surface area contributed by atoms with Crippen LogP contribution in [0.4, 0.5) is 26.0 Å². The first-order valence-electron chi connectivity index (χ1n) is 8.00. The Balaban J connectivity index is 1.75.